The van der Waals surface area contributed by atoms with Crippen molar-refractivity contribution < 1.29 is 4.79 Å². The van der Waals surface area contributed by atoms with Crippen molar-refractivity contribution in [1.29, 1.82) is 0 Å². The Morgan fingerprint density at radius 2 is 1.67 bits per heavy atom. The number of hydrogen-bond acceptors (Lipinski definition) is 3. The number of rotatable bonds is 4. The van der Waals surface area contributed by atoms with Crippen molar-refractivity contribution in [2.24, 2.45) is 5.73 Å². The molecule has 1 atom stereocenters. The van der Waals surface area contributed by atoms with Crippen LogP contribution in [-0.4, -0.2) is 54.0 Å². The molecule has 1 saturated heterocycles. The van der Waals surface area contributed by atoms with Crippen LogP contribution in [0.1, 0.15) is 33.6 Å². The van der Waals surface area contributed by atoms with Crippen LogP contribution in [0.15, 0.2) is 0 Å². The predicted molar refractivity (Wildman–Crippen MR) is 80.7 cm³/mol. The van der Waals surface area contributed by atoms with E-state index in [1.54, 1.807) is 0 Å². The number of nitrogens with two attached hydrogens (primary N) is 1. The summed E-state index contributed by atoms with van der Waals surface area (Å²) in [6, 6.07) is 0. The lowest BCUT2D eigenvalue weighted by Crippen LogP contribution is -2.58. The van der Waals surface area contributed by atoms with Crippen molar-refractivity contribution in [3.63, 3.8) is 0 Å². The Morgan fingerprint density at radius 3 is 2.06 bits per heavy atom. The van der Waals surface area contributed by atoms with Gasteiger partial charge in [-0.2, -0.15) is 0 Å². The van der Waals surface area contributed by atoms with Crippen LogP contribution in [0.2, 0.25) is 0 Å². The van der Waals surface area contributed by atoms with Crippen LogP contribution in [0, 0.1) is 0 Å². The summed E-state index contributed by atoms with van der Waals surface area (Å²) in [5.74, 6) is 0.116. The highest BCUT2D eigenvalue weighted by Gasteiger charge is 2.33. The SMILES string of the molecule is CCCC(C)(N)C(=O)N1CCN(CC)CC1.Cl.Cl. The van der Waals surface area contributed by atoms with Crippen LogP contribution < -0.4 is 5.73 Å². The van der Waals surface area contributed by atoms with E-state index in [9.17, 15) is 4.79 Å². The summed E-state index contributed by atoms with van der Waals surface area (Å²) in [7, 11) is 0. The molecule has 4 nitrogen and oxygen atoms in total. The predicted octanol–water partition coefficient (Wildman–Crippen LogP) is 1.51. The van der Waals surface area contributed by atoms with Gasteiger partial charge in [-0.3, -0.25) is 4.79 Å². The molecule has 6 heteroatoms. The van der Waals surface area contributed by atoms with E-state index in [0.717, 1.165) is 45.6 Å². The van der Waals surface area contributed by atoms with Crippen molar-refractivity contribution in [2.45, 2.75) is 39.2 Å². The second-order valence-electron chi connectivity index (χ2n) is 4.89. The van der Waals surface area contributed by atoms with Crippen LogP contribution in [0.3, 0.4) is 0 Å². The van der Waals surface area contributed by atoms with Gasteiger partial charge in [0.25, 0.3) is 0 Å². The number of hydrogen-bond donors (Lipinski definition) is 1. The fraction of sp³-hybridized carbons (Fsp3) is 0.917. The summed E-state index contributed by atoms with van der Waals surface area (Å²) in [4.78, 5) is 16.5. The van der Waals surface area contributed by atoms with Gasteiger partial charge in [0.1, 0.15) is 0 Å². The number of amides is 1. The average molecular weight is 300 g/mol. The van der Waals surface area contributed by atoms with Gasteiger partial charge in [-0.05, 0) is 19.9 Å². The van der Waals surface area contributed by atoms with Gasteiger partial charge in [0, 0.05) is 26.2 Å². The summed E-state index contributed by atoms with van der Waals surface area (Å²) in [5, 5.41) is 0. The van der Waals surface area contributed by atoms with Crippen LogP contribution in [0.25, 0.3) is 0 Å². The Balaban J connectivity index is 0. The molecule has 18 heavy (non-hydrogen) atoms. The number of carbonyl (C=O) groups excluding carboxylic acids is 1. The Hall–Kier alpha value is -0.0300. The van der Waals surface area contributed by atoms with Gasteiger partial charge in [0.05, 0.1) is 5.54 Å². The number of halogens is 2. The van der Waals surface area contributed by atoms with Crippen LogP contribution in [0.5, 0.6) is 0 Å². The average Bonchev–Trinajstić information content (AvgIpc) is 2.28. The summed E-state index contributed by atoms with van der Waals surface area (Å²) in [6.07, 6.45) is 1.72. The first-order chi connectivity index (χ1) is 7.51. The number of carbonyl (C=O) groups is 1. The molecule has 1 aliphatic rings. The third-order valence-corrected chi connectivity index (χ3v) is 3.36. The minimum atomic E-state index is -0.677. The fourth-order valence-electron chi connectivity index (χ4n) is 2.25. The largest absolute Gasteiger partial charge is 0.339 e. The minimum absolute atomic E-state index is 0. The highest BCUT2D eigenvalue weighted by Crippen LogP contribution is 2.14. The quantitative estimate of drug-likeness (QED) is 0.856. The molecule has 0 aromatic rings. The highest BCUT2D eigenvalue weighted by atomic mass is 35.5. The minimum Gasteiger partial charge on any atom is -0.339 e. The molecule has 1 rings (SSSR count). The lowest BCUT2D eigenvalue weighted by atomic mass is 9.95. The zero-order valence-electron chi connectivity index (χ0n) is 11.6. The Bertz CT molecular complexity index is 241. The first kappa shape index (κ1) is 20.3. The first-order valence-corrected chi connectivity index (χ1v) is 6.32. The normalized spacial score (nSPS) is 19.4. The molecule has 0 saturated carbocycles. The molecule has 0 aromatic carbocycles. The standard InChI is InChI=1S/C12H25N3O.2ClH/c1-4-6-12(3,13)11(16)15-9-7-14(5-2)8-10-15;;/h4-10,13H2,1-3H3;2*1H. The second-order valence-corrected chi connectivity index (χ2v) is 4.89. The molecule has 0 aliphatic carbocycles. The lowest BCUT2D eigenvalue weighted by molar-refractivity contribution is -0.138. The van der Waals surface area contributed by atoms with Crippen molar-refractivity contribution in [3.05, 3.63) is 0 Å². The topological polar surface area (TPSA) is 49.6 Å². The van der Waals surface area contributed by atoms with E-state index in [2.05, 4.69) is 18.7 Å². The molecule has 2 N–H and O–H groups in total. The Kier molecular flexibility index (Phi) is 10.1. The zero-order valence-corrected chi connectivity index (χ0v) is 13.3. The van der Waals surface area contributed by atoms with Gasteiger partial charge in [0.15, 0.2) is 0 Å². The van der Waals surface area contributed by atoms with E-state index in [0.29, 0.717) is 0 Å². The maximum Gasteiger partial charge on any atom is 0.242 e. The monoisotopic (exact) mass is 299 g/mol. The molecule has 1 aliphatic heterocycles. The molecular formula is C12H27Cl2N3O. The third kappa shape index (κ3) is 5.31. The maximum atomic E-state index is 12.2. The van der Waals surface area contributed by atoms with Gasteiger partial charge in [-0.15, -0.1) is 24.8 Å². The third-order valence-electron chi connectivity index (χ3n) is 3.36. The molecule has 1 amide bonds. The van der Waals surface area contributed by atoms with Gasteiger partial charge in [0.2, 0.25) is 5.91 Å². The van der Waals surface area contributed by atoms with E-state index < -0.39 is 5.54 Å². The van der Waals surface area contributed by atoms with Crippen molar-refractivity contribution in [2.75, 3.05) is 32.7 Å². The zero-order chi connectivity index (χ0) is 12.2. The molecule has 0 bridgehead atoms. The van der Waals surface area contributed by atoms with Crippen molar-refractivity contribution in [3.8, 4) is 0 Å². The molecule has 0 radical (unpaired) electrons. The van der Waals surface area contributed by atoms with E-state index in [1.165, 1.54) is 0 Å². The Labute approximate surface area is 123 Å². The maximum absolute atomic E-state index is 12.2. The molecule has 110 valence electrons. The van der Waals surface area contributed by atoms with Gasteiger partial charge >= 0.3 is 0 Å². The summed E-state index contributed by atoms with van der Waals surface area (Å²) in [6.45, 7) is 10.7. The van der Waals surface area contributed by atoms with Gasteiger partial charge < -0.3 is 15.5 Å². The van der Waals surface area contributed by atoms with E-state index in [4.69, 9.17) is 5.73 Å². The molecule has 0 spiro atoms. The van der Waals surface area contributed by atoms with Gasteiger partial charge in [-0.25, -0.2) is 0 Å². The molecule has 1 heterocycles. The molecular weight excluding hydrogens is 273 g/mol. The summed E-state index contributed by atoms with van der Waals surface area (Å²) >= 11 is 0. The van der Waals surface area contributed by atoms with Crippen molar-refractivity contribution >= 4 is 30.7 Å². The summed E-state index contributed by atoms with van der Waals surface area (Å²) in [5.41, 5.74) is 5.39. The Morgan fingerprint density at radius 1 is 1.17 bits per heavy atom. The molecule has 1 unspecified atom stereocenters. The lowest BCUT2D eigenvalue weighted by Gasteiger charge is -2.38. The van der Waals surface area contributed by atoms with Gasteiger partial charge in [-0.1, -0.05) is 20.3 Å². The fourth-order valence-corrected chi connectivity index (χ4v) is 2.25. The van der Waals surface area contributed by atoms with Crippen molar-refractivity contribution in [1.82, 2.24) is 9.80 Å². The molecule has 1 fully saturated rings. The number of likely N-dealkylation sites (N-methyl/N-ethyl adjacent to an activating group) is 1. The summed E-state index contributed by atoms with van der Waals surface area (Å²) < 4.78 is 0. The second kappa shape index (κ2) is 8.97. The highest BCUT2D eigenvalue weighted by molar-refractivity contribution is 5.86. The molecule has 0 aromatic heterocycles. The van der Waals surface area contributed by atoms with E-state index >= 15 is 0 Å². The van der Waals surface area contributed by atoms with E-state index in [1.807, 2.05) is 11.8 Å². The number of nitrogens with zero attached hydrogens (tertiary/aromatic N) is 2. The van der Waals surface area contributed by atoms with Crippen LogP contribution >= 0.6 is 24.8 Å². The van der Waals surface area contributed by atoms with E-state index in [-0.39, 0.29) is 30.7 Å². The van der Waals surface area contributed by atoms with Crippen LogP contribution in [-0.2, 0) is 4.79 Å². The smallest absolute Gasteiger partial charge is 0.242 e. The first-order valence-electron chi connectivity index (χ1n) is 6.32. The number of piperazine rings is 1. The van der Waals surface area contributed by atoms with Crippen LogP contribution in [0.4, 0.5) is 0 Å².